The minimum Gasteiger partial charge on any atom is -0.323 e. The van der Waals surface area contributed by atoms with Crippen molar-refractivity contribution in [3.8, 4) is 17.2 Å². The Bertz CT molecular complexity index is 532. The van der Waals surface area contributed by atoms with E-state index >= 15 is 0 Å². The molecule has 3 heteroatoms. The van der Waals surface area contributed by atoms with Crippen LogP contribution in [0.2, 0.25) is 0 Å². The Hall–Kier alpha value is -1.82. The van der Waals surface area contributed by atoms with Gasteiger partial charge in [0.1, 0.15) is 0 Å². The van der Waals surface area contributed by atoms with Crippen molar-refractivity contribution in [3.63, 3.8) is 0 Å². The Labute approximate surface area is 113 Å². The highest BCUT2D eigenvalue weighted by Crippen LogP contribution is 2.23. The summed E-state index contributed by atoms with van der Waals surface area (Å²) in [6.45, 7) is 0. The standard InChI is InChI=1S/C15H14N2.ClH/c16-10-9-15(17)14-8-4-7-13(11-14)12-5-2-1-3-6-12;/h1-8,11,15H,9,17H2;1H/t15-;/m1./s1. The summed E-state index contributed by atoms with van der Waals surface area (Å²) < 4.78 is 0. The van der Waals surface area contributed by atoms with Crippen LogP contribution in [0.15, 0.2) is 54.6 Å². The Morgan fingerprint density at radius 1 is 1.00 bits per heavy atom. The number of hydrogen-bond acceptors (Lipinski definition) is 2. The Kier molecular flexibility index (Phi) is 5.38. The maximum Gasteiger partial charge on any atom is 0.0641 e. The van der Waals surface area contributed by atoms with Crippen molar-refractivity contribution in [2.24, 2.45) is 5.73 Å². The second kappa shape index (κ2) is 6.80. The molecule has 92 valence electrons. The van der Waals surface area contributed by atoms with Gasteiger partial charge in [-0.1, -0.05) is 48.5 Å². The van der Waals surface area contributed by atoms with E-state index in [0.717, 1.165) is 11.1 Å². The van der Waals surface area contributed by atoms with Gasteiger partial charge in [0.15, 0.2) is 0 Å². The first kappa shape index (κ1) is 14.2. The highest BCUT2D eigenvalue weighted by Gasteiger charge is 2.06. The molecule has 0 aromatic heterocycles. The first-order valence-corrected chi connectivity index (χ1v) is 5.59. The zero-order chi connectivity index (χ0) is 12.1. The molecule has 2 aromatic rings. The smallest absolute Gasteiger partial charge is 0.0641 e. The van der Waals surface area contributed by atoms with Gasteiger partial charge in [-0.15, -0.1) is 12.4 Å². The van der Waals surface area contributed by atoms with E-state index in [-0.39, 0.29) is 18.4 Å². The molecular formula is C15H15ClN2. The summed E-state index contributed by atoms with van der Waals surface area (Å²) in [5, 5.41) is 8.65. The predicted octanol–water partition coefficient (Wildman–Crippen LogP) is 3.69. The number of benzene rings is 2. The van der Waals surface area contributed by atoms with Crippen molar-refractivity contribution >= 4 is 12.4 Å². The number of hydrogen-bond donors (Lipinski definition) is 1. The number of nitrogens with two attached hydrogens (primary N) is 1. The molecule has 0 saturated carbocycles. The summed E-state index contributed by atoms with van der Waals surface area (Å²) in [5.74, 6) is 0. The molecular weight excluding hydrogens is 244 g/mol. The number of nitrogens with zero attached hydrogens (tertiary/aromatic N) is 1. The van der Waals surface area contributed by atoms with E-state index in [9.17, 15) is 0 Å². The lowest BCUT2D eigenvalue weighted by molar-refractivity contribution is 0.749. The van der Waals surface area contributed by atoms with Crippen molar-refractivity contribution in [3.05, 3.63) is 60.2 Å². The second-order valence-corrected chi connectivity index (χ2v) is 3.96. The van der Waals surface area contributed by atoms with Crippen LogP contribution in [0, 0.1) is 11.3 Å². The number of nitriles is 1. The van der Waals surface area contributed by atoms with E-state index in [1.165, 1.54) is 5.56 Å². The number of halogens is 1. The van der Waals surface area contributed by atoms with E-state index in [1.54, 1.807) is 0 Å². The SMILES string of the molecule is Cl.N#CC[C@@H](N)c1cccc(-c2ccccc2)c1. The van der Waals surface area contributed by atoms with E-state index < -0.39 is 0 Å². The summed E-state index contributed by atoms with van der Waals surface area (Å²) >= 11 is 0. The molecule has 2 nitrogen and oxygen atoms in total. The molecule has 18 heavy (non-hydrogen) atoms. The van der Waals surface area contributed by atoms with Gasteiger partial charge in [0.05, 0.1) is 12.5 Å². The Morgan fingerprint density at radius 2 is 1.67 bits per heavy atom. The zero-order valence-corrected chi connectivity index (χ0v) is 10.7. The Morgan fingerprint density at radius 3 is 2.33 bits per heavy atom. The summed E-state index contributed by atoms with van der Waals surface area (Å²) in [6.07, 6.45) is 0.345. The molecule has 0 fully saturated rings. The van der Waals surface area contributed by atoms with E-state index in [4.69, 9.17) is 11.0 Å². The predicted molar refractivity (Wildman–Crippen MR) is 76.3 cm³/mol. The minimum atomic E-state index is -0.205. The van der Waals surface area contributed by atoms with Crippen LogP contribution in [0.3, 0.4) is 0 Å². The van der Waals surface area contributed by atoms with Crippen LogP contribution in [0.5, 0.6) is 0 Å². The second-order valence-electron chi connectivity index (χ2n) is 3.96. The first-order chi connectivity index (χ1) is 8.31. The quantitative estimate of drug-likeness (QED) is 0.913. The molecule has 0 unspecified atom stereocenters. The fourth-order valence-corrected chi connectivity index (χ4v) is 1.80. The summed E-state index contributed by atoms with van der Waals surface area (Å²) in [7, 11) is 0. The van der Waals surface area contributed by atoms with Gasteiger partial charge in [-0.3, -0.25) is 0 Å². The van der Waals surface area contributed by atoms with Crippen LogP contribution < -0.4 is 5.73 Å². The average molecular weight is 259 g/mol. The lowest BCUT2D eigenvalue weighted by Gasteiger charge is -2.10. The van der Waals surface area contributed by atoms with Crippen LogP contribution in [0.1, 0.15) is 18.0 Å². The summed E-state index contributed by atoms with van der Waals surface area (Å²) in [5.41, 5.74) is 9.24. The van der Waals surface area contributed by atoms with Crippen LogP contribution in [0.25, 0.3) is 11.1 Å². The molecule has 0 aliphatic rings. The molecule has 0 heterocycles. The molecule has 0 amide bonds. The maximum absolute atomic E-state index is 8.65. The highest BCUT2D eigenvalue weighted by atomic mass is 35.5. The van der Waals surface area contributed by atoms with Gasteiger partial charge in [0, 0.05) is 6.04 Å². The van der Waals surface area contributed by atoms with Crippen LogP contribution in [-0.2, 0) is 0 Å². The topological polar surface area (TPSA) is 49.8 Å². The van der Waals surface area contributed by atoms with Crippen molar-refractivity contribution < 1.29 is 0 Å². The number of rotatable bonds is 3. The lowest BCUT2D eigenvalue weighted by atomic mass is 9.99. The third kappa shape index (κ3) is 3.33. The minimum absolute atomic E-state index is 0. The third-order valence-electron chi connectivity index (χ3n) is 2.73. The molecule has 2 rings (SSSR count). The largest absolute Gasteiger partial charge is 0.323 e. The van der Waals surface area contributed by atoms with Crippen molar-refractivity contribution in [2.45, 2.75) is 12.5 Å². The average Bonchev–Trinajstić information content (AvgIpc) is 2.40. The van der Waals surface area contributed by atoms with E-state index in [1.807, 2.05) is 30.3 Å². The highest BCUT2D eigenvalue weighted by molar-refractivity contribution is 5.85. The monoisotopic (exact) mass is 258 g/mol. The van der Waals surface area contributed by atoms with Crippen LogP contribution in [-0.4, -0.2) is 0 Å². The van der Waals surface area contributed by atoms with Gasteiger partial charge in [0.25, 0.3) is 0 Å². The van der Waals surface area contributed by atoms with Gasteiger partial charge in [-0.2, -0.15) is 5.26 Å². The van der Waals surface area contributed by atoms with Gasteiger partial charge in [-0.05, 0) is 22.8 Å². The maximum atomic E-state index is 8.65. The summed E-state index contributed by atoms with van der Waals surface area (Å²) in [4.78, 5) is 0. The van der Waals surface area contributed by atoms with Gasteiger partial charge >= 0.3 is 0 Å². The summed E-state index contributed by atoms with van der Waals surface area (Å²) in [6, 6.07) is 20.1. The molecule has 0 saturated heterocycles. The normalized spacial score (nSPS) is 11.1. The molecule has 0 spiro atoms. The molecule has 0 aliphatic carbocycles. The fraction of sp³-hybridized carbons (Fsp3) is 0.133. The molecule has 0 aliphatic heterocycles. The molecule has 0 bridgehead atoms. The Balaban J connectivity index is 0.00000162. The van der Waals surface area contributed by atoms with E-state index in [2.05, 4.69) is 30.3 Å². The van der Waals surface area contributed by atoms with Gasteiger partial charge in [0.2, 0.25) is 0 Å². The van der Waals surface area contributed by atoms with E-state index in [0.29, 0.717) is 6.42 Å². The zero-order valence-electron chi connectivity index (χ0n) is 9.91. The third-order valence-corrected chi connectivity index (χ3v) is 2.73. The van der Waals surface area contributed by atoms with Crippen molar-refractivity contribution in [1.29, 1.82) is 5.26 Å². The molecule has 1 atom stereocenters. The lowest BCUT2D eigenvalue weighted by Crippen LogP contribution is -2.08. The molecule has 2 N–H and O–H groups in total. The first-order valence-electron chi connectivity index (χ1n) is 5.59. The van der Waals surface area contributed by atoms with Crippen molar-refractivity contribution in [1.82, 2.24) is 0 Å². The van der Waals surface area contributed by atoms with Crippen molar-refractivity contribution in [2.75, 3.05) is 0 Å². The van der Waals surface area contributed by atoms with Gasteiger partial charge in [-0.25, -0.2) is 0 Å². The van der Waals surface area contributed by atoms with Gasteiger partial charge < -0.3 is 5.73 Å². The fourth-order valence-electron chi connectivity index (χ4n) is 1.80. The molecule has 2 aromatic carbocycles. The van der Waals surface area contributed by atoms with Crippen LogP contribution >= 0.6 is 12.4 Å². The molecule has 0 radical (unpaired) electrons. The van der Waals surface area contributed by atoms with Crippen LogP contribution in [0.4, 0.5) is 0 Å².